The summed E-state index contributed by atoms with van der Waals surface area (Å²) in [5.41, 5.74) is 0.439. The first kappa shape index (κ1) is 14.1. The van der Waals surface area contributed by atoms with Crippen LogP contribution in [0.15, 0.2) is 18.2 Å². The fourth-order valence-corrected chi connectivity index (χ4v) is 4.29. The van der Waals surface area contributed by atoms with E-state index < -0.39 is 15.8 Å². The lowest BCUT2D eigenvalue weighted by Gasteiger charge is -2.13. The van der Waals surface area contributed by atoms with Crippen LogP contribution >= 0.6 is 11.6 Å². The van der Waals surface area contributed by atoms with Crippen LogP contribution in [0, 0.1) is 5.92 Å². The topological polar surface area (TPSA) is 83.5 Å². The van der Waals surface area contributed by atoms with Gasteiger partial charge in [0, 0.05) is 6.54 Å². The Hall–Kier alpha value is -1.27. The Morgan fingerprint density at radius 3 is 2.79 bits per heavy atom. The van der Waals surface area contributed by atoms with Gasteiger partial charge in [0.1, 0.15) is 5.56 Å². The van der Waals surface area contributed by atoms with E-state index in [9.17, 15) is 13.2 Å². The Bertz CT molecular complexity index is 600. The minimum absolute atomic E-state index is 0.0185. The summed E-state index contributed by atoms with van der Waals surface area (Å²) in [5, 5.41) is 12.3. The van der Waals surface area contributed by atoms with Crippen molar-refractivity contribution < 1.29 is 18.3 Å². The molecule has 1 aliphatic heterocycles. The van der Waals surface area contributed by atoms with Crippen molar-refractivity contribution in [3.05, 3.63) is 28.8 Å². The average Bonchev–Trinajstić information content (AvgIpc) is 2.66. The van der Waals surface area contributed by atoms with Crippen molar-refractivity contribution in [1.82, 2.24) is 0 Å². The highest BCUT2D eigenvalue weighted by atomic mass is 35.5. The van der Waals surface area contributed by atoms with Crippen LogP contribution in [-0.2, 0) is 9.84 Å². The number of benzene rings is 1. The number of hydrogen-bond acceptors (Lipinski definition) is 4. The number of anilines is 1. The summed E-state index contributed by atoms with van der Waals surface area (Å²) in [4.78, 5) is 11.1. The van der Waals surface area contributed by atoms with Gasteiger partial charge in [0.2, 0.25) is 0 Å². The second-order valence-electron chi connectivity index (χ2n) is 4.62. The number of rotatable bonds is 4. The van der Waals surface area contributed by atoms with Crippen LogP contribution in [0.5, 0.6) is 0 Å². The molecule has 19 heavy (non-hydrogen) atoms. The number of sulfone groups is 1. The third-order valence-corrected chi connectivity index (χ3v) is 5.29. The fraction of sp³-hybridized carbons (Fsp3) is 0.417. The standard InChI is InChI=1S/C12H14ClNO4S/c13-9-2-1-3-10(11(9)12(15)16)14-6-8-4-5-19(17,18)7-8/h1-3,8,14H,4-7H2,(H,15,16). The molecule has 5 nitrogen and oxygen atoms in total. The van der Waals surface area contributed by atoms with E-state index >= 15 is 0 Å². The highest BCUT2D eigenvalue weighted by Gasteiger charge is 2.27. The highest BCUT2D eigenvalue weighted by Crippen LogP contribution is 2.26. The van der Waals surface area contributed by atoms with Gasteiger partial charge >= 0.3 is 5.97 Å². The summed E-state index contributed by atoms with van der Waals surface area (Å²) >= 11 is 5.85. The summed E-state index contributed by atoms with van der Waals surface area (Å²) in [6.07, 6.45) is 0.609. The first-order valence-corrected chi connectivity index (χ1v) is 8.05. The molecule has 0 aliphatic carbocycles. The van der Waals surface area contributed by atoms with E-state index in [2.05, 4.69) is 5.32 Å². The van der Waals surface area contributed by atoms with Crippen LogP contribution in [0.1, 0.15) is 16.8 Å². The SMILES string of the molecule is O=C(O)c1c(Cl)cccc1NCC1CCS(=O)(=O)C1. The van der Waals surface area contributed by atoms with E-state index in [1.807, 2.05) is 0 Å². The van der Waals surface area contributed by atoms with E-state index in [0.717, 1.165) is 0 Å². The van der Waals surface area contributed by atoms with Crippen LogP contribution in [0.2, 0.25) is 5.02 Å². The highest BCUT2D eigenvalue weighted by molar-refractivity contribution is 7.91. The van der Waals surface area contributed by atoms with Gasteiger partial charge in [0.15, 0.2) is 9.84 Å². The van der Waals surface area contributed by atoms with E-state index in [1.54, 1.807) is 12.1 Å². The molecule has 2 N–H and O–H groups in total. The molecule has 1 fully saturated rings. The Morgan fingerprint density at radius 2 is 2.21 bits per heavy atom. The predicted octanol–water partition coefficient (Wildman–Crippen LogP) is 1.88. The molecular weight excluding hydrogens is 290 g/mol. The smallest absolute Gasteiger partial charge is 0.339 e. The zero-order valence-corrected chi connectivity index (χ0v) is 11.7. The molecule has 1 aliphatic rings. The Kier molecular flexibility index (Phi) is 4.01. The Morgan fingerprint density at radius 1 is 1.47 bits per heavy atom. The van der Waals surface area contributed by atoms with E-state index in [4.69, 9.17) is 16.7 Å². The van der Waals surface area contributed by atoms with Gasteiger partial charge < -0.3 is 10.4 Å². The minimum atomic E-state index is -2.92. The summed E-state index contributed by atoms with van der Waals surface area (Å²) in [5.74, 6) is -0.721. The second kappa shape index (κ2) is 5.38. The maximum absolute atomic E-state index is 11.3. The maximum atomic E-state index is 11.3. The Labute approximate surface area is 116 Å². The van der Waals surface area contributed by atoms with E-state index in [1.165, 1.54) is 6.07 Å². The number of halogens is 1. The minimum Gasteiger partial charge on any atom is -0.478 e. The van der Waals surface area contributed by atoms with Crippen LogP contribution < -0.4 is 5.32 Å². The van der Waals surface area contributed by atoms with Crippen molar-refractivity contribution in [3.63, 3.8) is 0 Å². The molecule has 104 valence electrons. The monoisotopic (exact) mass is 303 g/mol. The normalized spacial score (nSPS) is 21.2. The van der Waals surface area contributed by atoms with Gasteiger partial charge in [-0.25, -0.2) is 13.2 Å². The third kappa shape index (κ3) is 3.39. The summed E-state index contributed by atoms with van der Waals surface area (Å²) < 4.78 is 22.7. The first-order chi connectivity index (χ1) is 8.89. The number of hydrogen-bond donors (Lipinski definition) is 2. The van der Waals surface area contributed by atoms with Gasteiger partial charge in [-0.05, 0) is 24.5 Å². The van der Waals surface area contributed by atoms with Crippen molar-refractivity contribution in [2.75, 3.05) is 23.4 Å². The van der Waals surface area contributed by atoms with E-state index in [0.29, 0.717) is 18.7 Å². The number of nitrogens with one attached hydrogen (secondary N) is 1. The lowest BCUT2D eigenvalue weighted by atomic mass is 10.1. The molecule has 2 rings (SSSR count). The molecule has 1 atom stereocenters. The van der Waals surface area contributed by atoms with Gasteiger partial charge in [-0.1, -0.05) is 17.7 Å². The molecule has 1 heterocycles. The lowest BCUT2D eigenvalue weighted by molar-refractivity contribution is 0.0698. The molecule has 0 saturated carbocycles. The number of carboxylic acids is 1. The van der Waals surface area contributed by atoms with Crippen LogP contribution in [0.3, 0.4) is 0 Å². The molecule has 7 heteroatoms. The van der Waals surface area contributed by atoms with Crippen molar-refractivity contribution in [2.45, 2.75) is 6.42 Å². The van der Waals surface area contributed by atoms with Crippen LogP contribution in [0.25, 0.3) is 0 Å². The average molecular weight is 304 g/mol. The molecular formula is C12H14ClNO4S. The van der Waals surface area contributed by atoms with Gasteiger partial charge in [0.25, 0.3) is 0 Å². The molecule has 1 unspecified atom stereocenters. The lowest BCUT2D eigenvalue weighted by Crippen LogP contribution is -2.17. The van der Waals surface area contributed by atoms with Gasteiger partial charge in [0.05, 0.1) is 22.2 Å². The van der Waals surface area contributed by atoms with Crippen LogP contribution in [0.4, 0.5) is 5.69 Å². The number of carboxylic acid groups (broad SMARTS) is 1. The summed E-state index contributed by atoms with van der Waals surface area (Å²) in [6.45, 7) is 0.430. The van der Waals surface area contributed by atoms with Crippen molar-refractivity contribution in [3.8, 4) is 0 Å². The van der Waals surface area contributed by atoms with Crippen LogP contribution in [-0.4, -0.2) is 37.5 Å². The zero-order chi connectivity index (χ0) is 14.0. The van der Waals surface area contributed by atoms with Gasteiger partial charge in [-0.3, -0.25) is 0 Å². The predicted molar refractivity (Wildman–Crippen MR) is 73.7 cm³/mol. The first-order valence-electron chi connectivity index (χ1n) is 5.85. The van der Waals surface area contributed by atoms with Gasteiger partial charge in [-0.2, -0.15) is 0 Å². The number of carbonyl (C=O) groups is 1. The largest absolute Gasteiger partial charge is 0.478 e. The van der Waals surface area contributed by atoms with Crippen molar-refractivity contribution in [2.24, 2.45) is 5.92 Å². The maximum Gasteiger partial charge on any atom is 0.339 e. The quantitative estimate of drug-likeness (QED) is 0.887. The molecule has 1 aromatic rings. The molecule has 0 bridgehead atoms. The van der Waals surface area contributed by atoms with Crippen molar-refractivity contribution >= 4 is 33.1 Å². The second-order valence-corrected chi connectivity index (χ2v) is 7.25. The van der Waals surface area contributed by atoms with E-state index in [-0.39, 0.29) is 28.0 Å². The molecule has 0 radical (unpaired) electrons. The summed E-state index contributed by atoms with van der Waals surface area (Å²) in [7, 11) is -2.92. The Balaban J connectivity index is 2.08. The molecule has 1 aromatic carbocycles. The zero-order valence-electron chi connectivity index (χ0n) is 10.1. The molecule has 0 spiro atoms. The molecule has 1 saturated heterocycles. The fourth-order valence-electron chi connectivity index (χ4n) is 2.18. The van der Waals surface area contributed by atoms with Crippen molar-refractivity contribution in [1.29, 1.82) is 0 Å². The summed E-state index contributed by atoms with van der Waals surface area (Å²) in [6, 6.07) is 4.79. The number of aromatic carboxylic acids is 1. The van der Waals surface area contributed by atoms with Gasteiger partial charge in [-0.15, -0.1) is 0 Å². The molecule has 0 aromatic heterocycles. The molecule has 0 amide bonds. The third-order valence-electron chi connectivity index (χ3n) is 3.14.